The fraction of sp³-hybridized carbons (Fsp3) is 0.118. The number of hydrogen-bond acceptors (Lipinski definition) is 3. The molecule has 3 aromatic rings. The van der Waals surface area contributed by atoms with Crippen LogP contribution in [0, 0.1) is 0 Å². The number of aromatic nitrogens is 3. The molecule has 0 spiro atoms. The molecule has 2 aromatic heterocycles. The second-order valence-electron chi connectivity index (χ2n) is 5.27. The van der Waals surface area contributed by atoms with Crippen molar-refractivity contribution in [3.63, 3.8) is 0 Å². The molecule has 1 amide bonds. The number of nitrogens with zero attached hydrogens (tertiary/aromatic N) is 3. The molecule has 2 heterocycles. The zero-order valence-electron chi connectivity index (χ0n) is 12.4. The van der Waals surface area contributed by atoms with Gasteiger partial charge in [0.1, 0.15) is 0 Å². The fourth-order valence-electron chi connectivity index (χ4n) is 2.30. The minimum absolute atomic E-state index is 0.0212. The molecule has 0 bridgehead atoms. The lowest BCUT2D eigenvalue weighted by Gasteiger charge is -2.07. The lowest BCUT2D eigenvalue weighted by atomic mass is 10.1. The Bertz CT molecular complexity index is 878. The summed E-state index contributed by atoms with van der Waals surface area (Å²) in [6.45, 7) is 1.09. The Morgan fingerprint density at radius 1 is 1.04 bits per heavy atom. The third kappa shape index (κ3) is 3.55. The SMILES string of the molecule is NC(=O)c1cnn(Cc2ccc(Cn3ccccc3=O)cc2)c1. The first-order valence-electron chi connectivity index (χ1n) is 7.17. The van der Waals surface area contributed by atoms with Crippen LogP contribution in [0.5, 0.6) is 0 Å². The van der Waals surface area contributed by atoms with E-state index in [1.807, 2.05) is 30.3 Å². The Kier molecular flexibility index (Phi) is 4.05. The summed E-state index contributed by atoms with van der Waals surface area (Å²) in [7, 11) is 0. The van der Waals surface area contributed by atoms with Gasteiger partial charge < -0.3 is 10.3 Å². The molecule has 0 saturated carbocycles. The van der Waals surface area contributed by atoms with Crippen LogP contribution in [0.2, 0.25) is 0 Å². The first-order chi connectivity index (χ1) is 11.1. The number of hydrogen-bond donors (Lipinski definition) is 1. The largest absolute Gasteiger partial charge is 0.366 e. The van der Waals surface area contributed by atoms with Crippen molar-refractivity contribution in [1.82, 2.24) is 14.3 Å². The molecular weight excluding hydrogens is 292 g/mol. The van der Waals surface area contributed by atoms with Gasteiger partial charge in [-0.3, -0.25) is 14.3 Å². The maximum Gasteiger partial charge on any atom is 0.251 e. The Morgan fingerprint density at radius 2 is 1.74 bits per heavy atom. The highest BCUT2D eigenvalue weighted by molar-refractivity contribution is 5.92. The summed E-state index contributed by atoms with van der Waals surface area (Å²) in [6, 6.07) is 13.0. The van der Waals surface area contributed by atoms with E-state index in [9.17, 15) is 9.59 Å². The molecule has 0 fully saturated rings. The highest BCUT2D eigenvalue weighted by Gasteiger charge is 2.04. The molecule has 6 nitrogen and oxygen atoms in total. The summed E-state index contributed by atoms with van der Waals surface area (Å²) in [5.74, 6) is -0.486. The van der Waals surface area contributed by atoms with Gasteiger partial charge in [-0.25, -0.2) is 0 Å². The lowest BCUT2D eigenvalue weighted by Crippen LogP contribution is -2.18. The molecule has 0 aliphatic heterocycles. The third-order valence-electron chi connectivity index (χ3n) is 3.54. The molecule has 0 atom stereocenters. The average Bonchev–Trinajstić information content (AvgIpc) is 3.00. The smallest absolute Gasteiger partial charge is 0.251 e. The van der Waals surface area contributed by atoms with E-state index in [2.05, 4.69) is 5.10 Å². The Labute approximate surface area is 132 Å². The topological polar surface area (TPSA) is 82.9 Å². The summed E-state index contributed by atoms with van der Waals surface area (Å²) in [5.41, 5.74) is 7.67. The number of amides is 1. The number of pyridine rings is 1. The van der Waals surface area contributed by atoms with Crippen molar-refractivity contribution < 1.29 is 4.79 Å². The van der Waals surface area contributed by atoms with E-state index in [1.165, 1.54) is 6.20 Å². The summed E-state index contributed by atoms with van der Waals surface area (Å²) in [5, 5.41) is 4.10. The molecule has 0 radical (unpaired) electrons. The fourth-order valence-corrected chi connectivity index (χ4v) is 2.30. The lowest BCUT2D eigenvalue weighted by molar-refractivity contribution is 0.1000. The van der Waals surface area contributed by atoms with Crippen molar-refractivity contribution >= 4 is 5.91 Å². The average molecular weight is 308 g/mol. The monoisotopic (exact) mass is 308 g/mol. The van der Waals surface area contributed by atoms with Gasteiger partial charge in [-0.1, -0.05) is 30.3 Å². The van der Waals surface area contributed by atoms with Crippen molar-refractivity contribution in [2.24, 2.45) is 5.73 Å². The van der Waals surface area contributed by atoms with Gasteiger partial charge in [0.15, 0.2) is 0 Å². The van der Waals surface area contributed by atoms with Gasteiger partial charge in [-0.15, -0.1) is 0 Å². The van der Waals surface area contributed by atoms with E-state index < -0.39 is 5.91 Å². The van der Waals surface area contributed by atoms with E-state index in [0.717, 1.165) is 11.1 Å². The first-order valence-corrected chi connectivity index (χ1v) is 7.17. The van der Waals surface area contributed by atoms with Gasteiger partial charge in [0.25, 0.3) is 11.5 Å². The Balaban J connectivity index is 1.70. The predicted octanol–water partition coefficient (Wildman–Crippen LogP) is 1.24. The van der Waals surface area contributed by atoms with Crippen LogP contribution in [0.4, 0.5) is 0 Å². The molecule has 23 heavy (non-hydrogen) atoms. The van der Waals surface area contributed by atoms with Crippen molar-refractivity contribution in [3.8, 4) is 0 Å². The molecule has 0 aliphatic rings. The maximum absolute atomic E-state index is 11.7. The molecule has 2 N–H and O–H groups in total. The number of primary amides is 1. The van der Waals surface area contributed by atoms with Crippen LogP contribution in [0.15, 0.2) is 65.8 Å². The Morgan fingerprint density at radius 3 is 2.35 bits per heavy atom. The van der Waals surface area contributed by atoms with Gasteiger partial charge in [0.2, 0.25) is 0 Å². The second-order valence-corrected chi connectivity index (χ2v) is 5.27. The van der Waals surface area contributed by atoms with E-state index in [1.54, 1.807) is 33.8 Å². The highest BCUT2D eigenvalue weighted by atomic mass is 16.1. The number of carbonyl (C=O) groups excluding carboxylic acids is 1. The molecular formula is C17H16N4O2. The van der Waals surface area contributed by atoms with Crippen molar-refractivity contribution in [2.45, 2.75) is 13.1 Å². The molecule has 0 saturated heterocycles. The summed E-state index contributed by atoms with van der Waals surface area (Å²) in [4.78, 5) is 22.8. The van der Waals surface area contributed by atoms with E-state index in [-0.39, 0.29) is 5.56 Å². The zero-order valence-corrected chi connectivity index (χ0v) is 12.4. The van der Waals surface area contributed by atoms with Gasteiger partial charge in [-0.2, -0.15) is 5.10 Å². The molecule has 116 valence electrons. The van der Waals surface area contributed by atoms with Crippen molar-refractivity contribution in [2.75, 3.05) is 0 Å². The van der Waals surface area contributed by atoms with Crippen LogP contribution in [0.1, 0.15) is 21.5 Å². The Hall–Kier alpha value is -3.15. The van der Waals surface area contributed by atoms with Gasteiger partial charge in [-0.05, 0) is 17.2 Å². The highest BCUT2D eigenvalue weighted by Crippen LogP contribution is 2.08. The van der Waals surface area contributed by atoms with Crippen LogP contribution in [0.25, 0.3) is 0 Å². The van der Waals surface area contributed by atoms with Crippen LogP contribution in [-0.4, -0.2) is 20.3 Å². The number of rotatable bonds is 5. The predicted molar refractivity (Wildman–Crippen MR) is 86.1 cm³/mol. The van der Waals surface area contributed by atoms with Gasteiger partial charge >= 0.3 is 0 Å². The maximum atomic E-state index is 11.7. The minimum atomic E-state index is -0.486. The summed E-state index contributed by atoms with van der Waals surface area (Å²) < 4.78 is 3.32. The number of nitrogens with two attached hydrogens (primary N) is 1. The van der Waals surface area contributed by atoms with E-state index in [4.69, 9.17) is 5.73 Å². The zero-order chi connectivity index (χ0) is 16.2. The van der Waals surface area contributed by atoms with E-state index >= 15 is 0 Å². The minimum Gasteiger partial charge on any atom is -0.366 e. The molecule has 1 aromatic carbocycles. The van der Waals surface area contributed by atoms with Gasteiger partial charge in [0, 0.05) is 18.5 Å². The van der Waals surface area contributed by atoms with Crippen molar-refractivity contribution in [3.05, 3.63) is 88.1 Å². The summed E-state index contributed by atoms with van der Waals surface area (Å²) in [6.07, 6.45) is 4.85. The number of benzene rings is 1. The molecule has 0 unspecified atom stereocenters. The third-order valence-corrected chi connectivity index (χ3v) is 3.54. The molecule has 6 heteroatoms. The van der Waals surface area contributed by atoms with Crippen LogP contribution in [-0.2, 0) is 13.1 Å². The standard InChI is InChI=1S/C17H16N4O2/c18-17(23)15-9-19-21(12-15)11-14-6-4-13(5-7-14)10-20-8-2-1-3-16(20)22/h1-9,12H,10-11H2,(H2,18,23). The van der Waals surface area contributed by atoms with E-state index in [0.29, 0.717) is 18.7 Å². The van der Waals surface area contributed by atoms with Crippen LogP contribution in [0.3, 0.4) is 0 Å². The quantitative estimate of drug-likeness (QED) is 0.770. The normalized spacial score (nSPS) is 10.6. The summed E-state index contributed by atoms with van der Waals surface area (Å²) >= 11 is 0. The van der Waals surface area contributed by atoms with Crippen LogP contribution < -0.4 is 11.3 Å². The van der Waals surface area contributed by atoms with Crippen LogP contribution >= 0.6 is 0 Å². The first kappa shape index (κ1) is 14.8. The second kappa shape index (κ2) is 6.31. The van der Waals surface area contributed by atoms with Gasteiger partial charge in [0.05, 0.1) is 24.8 Å². The number of carbonyl (C=O) groups is 1. The molecule has 3 rings (SSSR count). The van der Waals surface area contributed by atoms with Crippen molar-refractivity contribution in [1.29, 1.82) is 0 Å². The molecule has 0 aliphatic carbocycles.